The van der Waals surface area contributed by atoms with Crippen LogP contribution in [0, 0.1) is 11.8 Å². The highest BCUT2D eigenvalue weighted by atomic mass is 35.5. The van der Waals surface area contributed by atoms with Gasteiger partial charge in [-0.15, -0.1) is 11.3 Å². The average Bonchev–Trinajstić information content (AvgIpc) is 3.28. The number of benzene rings is 1. The molecule has 0 unspecified atom stereocenters. The van der Waals surface area contributed by atoms with E-state index >= 15 is 0 Å². The van der Waals surface area contributed by atoms with Crippen molar-refractivity contribution in [2.45, 2.75) is 31.7 Å². The molecule has 3 atom stereocenters. The first-order valence-electron chi connectivity index (χ1n) is 8.15. The molecule has 2 bridgehead atoms. The first-order valence-corrected chi connectivity index (χ1v) is 9.76. The van der Waals surface area contributed by atoms with Crippen molar-refractivity contribution in [1.82, 2.24) is 16.2 Å². The molecule has 7 heteroatoms. The van der Waals surface area contributed by atoms with Crippen LogP contribution in [0.1, 0.15) is 35.4 Å². The number of nitrogens with one attached hydrogen (secondary N) is 3. The Labute approximate surface area is 154 Å². The van der Waals surface area contributed by atoms with E-state index in [4.69, 9.17) is 23.8 Å². The number of rotatable bonds is 2. The summed E-state index contributed by atoms with van der Waals surface area (Å²) >= 11 is 13.0. The second-order valence-electron chi connectivity index (χ2n) is 6.58. The summed E-state index contributed by atoms with van der Waals surface area (Å²) in [6.07, 6.45) is 5.13. The van der Waals surface area contributed by atoms with Crippen molar-refractivity contribution in [2.24, 2.45) is 11.8 Å². The van der Waals surface area contributed by atoms with Crippen molar-refractivity contribution in [2.75, 3.05) is 0 Å². The Morgan fingerprint density at radius 1 is 1.21 bits per heavy atom. The number of amides is 1. The van der Waals surface area contributed by atoms with Gasteiger partial charge in [-0.05, 0) is 49.4 Å². The first kappa shape index (κ1) is 16.1. The number of halogens is 1. The summed E-state index contributed by atoms with van der Waals surface area (Å²) in [4.78, 5) is 12.9. The maximum atomic E-state index is 12.4. The summed E-state index contributed by atoms with van der Waals surface area (Å²) in [7, 11) is 0. The van der Waals surface area contributed by atoms with Crippen LogP contribution in [0.2, 0.25) is 5.02 Å². The van der Waals surface area contributed by atoms with Crippen LogP contribution in [0.4, 0.5) is 0 Å². The van der Waals surface area contributed by atoms with Crippen LogP contribution >= 0.6 is 35.2 Å². The predicted octanol–water partition coefficient (Wildman–Crippen LogP) is 3.85. The molecule has 24 heavy (non-hydrogen) atoms. The molecule has 2 aliphatic carbocycles. The van der Waals surface area contributed by atoms with Crippen LogP contribution in [0.25, 0.3) is 10.1 Å². The number of carbonyl (C=O) groups is 1. The van der Waals surface area contributed by atoms with E-state index < -0.39 is 0 Å². The van der Waals surface area contributed by atoms with E-state index in [2.05, 4.69) is 16.2 Å². The smallest absolute Gasteiger partial charge is 0.281 e. The molecule has 0 aliphatic heterocycles. The number of hydrogen-bond acceptors (Lipinski definition) is 3. The molecule has 0 radical (unpaired) electrons. The highest BCUT2D eigenvalue weighted by Gasteiger charge is 2.39. The highest BCUT2D eigenvalue weighted by Crippen LogP contribution is 2.44. The Morgan fingerprint density at radius 2 is 2.04 bits per heavy atom. The Morgan fingerprint density at radius 3 is 2.75 bits per heavy atom. The molecule has 1 aromatic heterocycles. The minimum Gasteiger partial charge on any atom is -0.358 e. The largest absolute Gasteiger partial charge is 0.358 e. The molecule has 1 amide bonds. The van der Waals surface area contributed by atoms with E-state index in [0.717, 1.165) is 21.9 Å². The molecule has 126 valence electrons. The number of fused-ring (bicyclic) bond motifs is 3. The van der Waals surface area contributed by atoms with Crippen molar-refractivity contribution in [3.05, 3.63) is 34.2 Å². The fourth-order valence-corrected chi connectivity index (χ4v) is 5.57. The van der Waals surface area contributed by atoms with Gasteiger partial charge in [0.25, 0.3) is 5.91 Å². The van der Waals surface area contributed by atoms with E-state index in [-0.39, 0.29) is 5.91 Å². The van der Waals surface area contributed by atoms with Gasteiger partial charge in [0.15, 0.2) is 5.11 Å². The summed E-state index contributed by atoms with van der Waals surface area (Å²) in [5.41, 5.74) is 5.46. The molecular formula is C17H18ClN3OS2. The summed E-state index contributed by atoms with van der Waals surface area (Å²) in [5.74, 6) is 1.31. The second kappa shape index (κ2) is 6.50. The monoisotopic (exact) mass is 379 g/mol. The lowest BCUT2D eigenvalue weighted by molar-refractivity contribution is 0.0947. The Bertz CT molecular complexity index is 806. The lowest BCUT2D eigenvalue weighted by atomic mass is 9.96. The van der Waals surface area contributed by atoms with Gasteiger partial charge in [0, 0.05) is 16.1 Å². The Kier molecular flexibility index (Phi) is 4.37. The van der Waals surface area contributed by atoms with Crippen molar-refractivity contribution >= 4 is 56.3 Å². The van der Waals surface area contributed by atoms with Crippen LogP contribution < -0.4 is 16.2 Å². The van der Waals surface area contributed by atoms with Crippen LogP contribution in [-0.4, -0.2) is 17.1 Å². The molecule has 3 N–H and O–H groups in total. The minimum absolute atomic E-state index is 0.265. The molecule has 1 heterocycles. The molecule has 2 aromatic rings. The number of thiocarbonyl (C=S) groups is 1. The van der Waals surface area contributed by atoms with Gasteiger partial charge >= 0.3 is 0 Å². The summed E-state index contributed by atoms with van der Waals surface area (Å²) in [5, 5.41) is 5.19. The van der Waals surface area contributed by atoms with E-state index in [0.29, 0.717) is 21.1 Å². The van der Waals surface area contributed by atoms with E-state index in [1.54, 1.807) is 0 Å². The average molecular weight is 380 g/mol. The quantitative estimate of drug-likeness (QED) is 0.548. The lowest BCUT2D eigenvalue weighted by Gasteiger charge is -2.24. The van der Waals surface area contributed by atoms with Gasteiger partial charge in [-0.1, -0.05) is 36.2 Å². The van der Waals surface area contributed by atoms with Gasteiger partial charge < -0.3 is 5.32 Å². The third-order valence-corrected chi connectivity index (χ3v) is 6.98. The van der Waals surface area contributed by atoms with Crippen LogP contribution in [0.3, 0.4) is 0 Å². The van der Waals surface area contributed by atoms with E-state index in [1.807, 2.05) is 24.3 Å². The topological polar surface area (TPSA) is 53.2 Å². The third kappa shape index (κ3) is 2.98. The van der Waals surface area contributed by atoms with Gasteiger partial charge in [-0.2, -0.15) is 0 Å². The SMILES string of the molecule is O=C(NNC(=S)N[C@H]1C[C@H]2CC[C@@H]1C2)c1sc2ccccc2c1Cl. The number of thiophene rings is 1. The summed E-state index contributed by atoms with van der Waals surface area (Å²) in [6, 6.07) is 8.16. The molecule has 2 saturated carbocycles. The molecule has 0 spiro atoms. The van der Waals surface area contributed by atoms with Crippen molar-refractivity contribution < 1.29 is 4.79 Å². The maximum absolute atomic E-state index is 12.4. The molecular weight excluding hydrogens is 362 g/mol. The molecule has 0 saturated heterocycles. The zero-order valence-electron chi connectivity index (χ0n) is 13.0. The zero-order valence-corrected chi connectivity index (χ0v) is 15.4. The van der Waals surface area contributed by atoms with E-state index in [1.165, 1.54) is 37.0 Å². The van der Waals surface area contributed by atoms with Crippen molar-refractivity contribution in [3.63, 3.8) is 0 Å². The van der Waals surface area contributed by atoms with Crippen molar-refractivity contribution in [1.29, 1.82) is 0 Å². The second-order valence-corrected chi connectivity index (χ2v) is 8.41. The molecule has 1 aromatic carbocycles. The molecule has 4 rings (SSSR count). The van der Waals surface area contributed by atoms with Gasteiger partial charge in [0.05, 0.1) is 5.02 Å². The van der Waals surface area contributed by atoms with Crippen LogP contribution in [0.15, 0.2) is 24.3 Å². The van der Waals surface area contributed by atoms with Crippen LogP contribution in [-0.2, 0) is 0 Å². The fourth-order valence-electron chi connectivity index (χ4n) is 3.96. The lowest BCUT2D eigenvalue weighted by Crippen LogP contribution is -2.50. The standard InChI is InChI=1S/C17H18ClN3OS2/c18-14-11-3-1-2-4-13(11)24-15(14)16(22)20-21-17(23)19-12-8-9-5-6-10(12)7-9/h1-4,9-10,12H,5-8H2,(H,20,22)(H2,19,21,23)/t9-,10+,12-/m0/s1. The van der Waals surface area contributed by atoms with Crippen LogP contribution in [0.5, 0.6) is 0 Å². The van der Waals surface area contributed by atoms with Gasteiger partial charge in [-0.3, -0.25) is 15.6 Å². The molecule has 4 nitrogen and oxygen atoms in total. The van der Waals surface area contributed by atoms with E-state index in [9.17, 15) is 4.79 Å². The fraction of sp³-hybridized carbons (Fsp3) is 0.412. The maximum Gasteiger partial charge on any atom is 0.281 e. The molecule has 2 aliphatic rings. The van der Waals surface area contributed by atoms with Gasteiger partial charge in [0.2, 0.25) is 0 Å². The number of hydrogen-bond donors (Lipinski definition) is 3. The summed E-state index contributed by atoms with van der Waals surface area (Å²) < 4.78 is 0.996. The molecule has 2 fully saturated rings. The van der Waals surface area contributed by atoms with Crippen molar-refractivity contribution in [3.8, 4) is 0 Å². The van der Waals surface area contributed by atoms with Gasteiger partial charge in [-0.25, -0.2) is 0 Å². The third-order valence-electron chi connectivity index (χ3n) is 5.09. The predicted molar refractivity (Wildman–Crippen MR) is 102 cm³/mol. The minimum atomic E-state index is -0.265. The summed E-state index contributed by atoms with van der Waals surface area (Å²) in [6.45, 7) is 0. The number of hydrazine groups is 1. The normalized spacial score (nSPS) is 25.0. The number of carbonyl (C=O) groups excluding carboxylic acids is 1. The first-order chi connectivity index (χ1) is 11.6. The zero-order chi connectivity index (χ0) is 16.7. The van der Waals surface area contributed by atoms with Gasteiger partial charge in [0.1, 0.15) is 4.88 Å². The Balaban J connectivity index is 1.35. The Hall–Kier alpha value is -1.37. The highest BCUT2D eigenvalue weighted by molar-refractivity contribution is 7.80.